The Labute approximate surface area is 236 Å². The molecular formula is C32H30N4O5. The molecule has 5 aromatic rings. The largest absolute Gasteiger partial charge is 0.496 e. The maximum Gasteiger partial charge on any atom is 0.255 e. The second-order valence-electron chi connectivity index (χ2n) is 10.5. The molecule has 2 heterocycles. The molecule has 2 amide bonds. The minimum Gasteiger partial charge on any atom is -0.496 e. The number of rotatable bonds is 7. The van der Waals surface area contributed by atoms with Gasteiger partial charge in [-0.05, 0) is 74.6 Å². The van der Waals surface area contributed by atoms with Gasteiger partial charge < -0.3 is 24.3 Å². The number of carbonyl (C=O) groups excluding carboxylic acids is 2. The van der Waals surface area contributed by atoms with Gasteiger partial charge >= 0.3 is 0 Å². The van der Waals surface area contributed by atoms with Crippen LogP contribution in [0.4, 0.5) is 0 Å². The minimum absolute atomic E-state index is 0.242. The first-order chi connectivity index (χ1) is 19.7. The summed E-state index contributed by atoms with van der Waals surface area (Å²) in [6, 6.07) is 17.2. The predicted octanol–water partition coefficient (Wildman–Crippen LogP) is 5.86. The monoisotopic (exact) mass is 550 g/mol. The fraction of sp³-hybridized carbons (Fsp3) is 0.250. The Balaban J connectivity index is 1.43. The summed E-state index contributed by atoms with van der Waals surface area (Å²) in [4.78, 5) is 31.0. The molecule has 0 bridgehead atoms. The Morgan fingerprint density at radius 2 is 1.68 bits per heavy atom. The van der Waals surface area contributed by atoms with Crippen molar-refractivity contribution in [1.82, 2.24) is 20.8 Å². The molecule has 1 fully saturated rings. The van der Waals surface area contributed by atoms with Crippen LogP contribution in [0, 0.1) is 20.8 Å². The maximum atomic E-state index is 13.6. The summed E-state index contributed by atoms with van der Waals surface area (Å²) in [5, 5.41) is 10.4. The van der Waals surface area contributed by atoms with E-state index in [-0.39, 0.29) is 11.8 Å². The third-order valence-electron chi connectivity index (χ3n) is 7.60. The first kappa shape index (κ1) is 26.3. The van der Waals surface area contributed by atoms with Gasteiger partial charge in [-0.3, -0.25) is 9.59 Å². The summed E-state index contributed by atoms with van der Waals surface area (Å²) >= 11 is 0. The van der Waals surface area contributed by atoms with Gasteiger partial charge in [-0.1, -0.05) is 41.1 Å². The normalized spacial score (nSPS) is 13.7. The van der Waals surface area contributed by atoms with Gasteiger partial charge in [0.25, 0.3) is 17.7 Å². The van der Waals surface area contributed by atoms with E-state index in [1.54, 1.807) is 21.1 Å². The summed E-state index contributed by atoms with van der Waals surface area (Å²) < 4.78 is 17.2. The fourth-order valence-corrected chi connectivity index (χ4v) is 5.16. The second kappa shape index (κ2) is 9.92. The first-order valence-corrected chi connectivity index (χ1v) is 13.4. The number of fused-ring (bicyclic) bond motifs is 1. The Bertz CT molecular complexity index is 1810. The van der Waals surface area contributed by atoms with E-state index >= 15 is 0 Å². The molecule has 0 unspecified atom stereocenters. The number of aromatic nitrogens is 2. The van der Waals surface area contributed by atoms with Crippen molar-refractivity contribution in [1.29, 1.82) is 0 Å². The van der Waals surface area contributed by atoms with Crippen molar-refractivity contribution in [2.75, 3.05) is 14.2 Å². The molecule has 0 aliphatic heterocycles. The van der Waals surface area contributed by atoms with Crippen molar-refractivity contribution in [2.45, 2.75) is 39.2 Å². The molecule has 9 nitrogen and oxygen atoms in total. The first-order valence-electron chi connectivity index (χ1n) is 13.4. The van der Waals surface area contributed by atoms with E-state index in [2.05, 4.69) is 20.8 Å². The van der Waals surface area contributed by atoms with E-state index in [9.17, 15) is 9.59 Å². The Morgan fingerprint density at radius 1 is 0.951 bits per heavy atom. The molecule has 2 aromatic heterocycles. The number of nitrogens with zero attached hydrogens (tertiary/aromatic N) is 2. The van der Waals surface area contributed by atoms with Gasteiger partial charge in [0.1, 0.15) is 22.6 Å². The van der Waals surface area contributed by atoms with Gasteiger partial charge in [0, 0.05) is 18.0 Å². The summed E-state index contributed by atoms with van der Waals surface area (Å²) in [6.07, 6.45) is 1.42. The molecule has 1 aliphatic carbocycles. The molecule has 2 N–H and O–H groups in total. The molecule has 0 radical (unpaired) electrons. The van der Waals surface area contributed by atoms with E-state index in [1.807, 2.05) is 68.4 Å². The molecule has 208 valence electrons. The van der Waals surface area contributed by atoms with E-state index in [4.69, 9.17) is 13.7 Å². The number of furan rings is 1. The Hall–Kier alpha value is -4.92. The van der Waals surface area contributed by atoms with Crippen molar-refractivity contribution >= 4 is 22.8 Å². The molecule has 0 atom stereocenters. The van der Waals surface area contributed by atoms with Crippen molar-refractivity contribution in [3.8, 4) is 28.2 Å². The fourth-order valence-electron chi connectivity index (χ4n) is 5.16. The van der Waals surface area contributed by atoms with E-state index in [1.165, 1.54) is 0 Å². The van der Waals surface area contributed by atoms with Crippen LogP contribution in [-0.4, -0.2) is 36.1 Å². The van der Waals surface area contributed by atoms with Gasteiger partial charge in [0.05, 0.1) is 18.2 Å². The standard InChI is InChI=1S/C32H30N4O5/c1-17-6-8-20(9-7-17)28-27(30(38)33-4)23-15-21(10-11-25(23)40-28)22-16-24(26(39-5)14-18(22)2)29(37)35-32(12-13-32)31-34-19(3)36-41-31/h6-11,14-16H,12-13H2,1-5H3,(H,33,38)(H,35,37). The number of methoxy groups -OCH3 is 1. The van der Waals surface area contributed by atoms with Gasteiger partial charge in [0.2, 0.25) is 0 Å². The highest BCUT2D eigenvalue weighted by Gasteiger charge is 2.51. The topological polar surface area (TPSA) is 119 Å². The lowest BCUT2D eigenvalue weighted by Crippen LogP contribution is -2.35. The number of aryl methyl sites for hydroxylation is 3. The summed E-state index contributed by atoms with van der Waals surface area (Å²) in [7, 11) is 3.14. The Kier molecular flexibility index (Phi) is 6.37. The van der Waals surface area contributed by atoms with Gasteiger partial charge in [0.15, 0.2) is 5.82 Å². The zero-order valence-corrected chi connectivity index (χ0v) is 23.5. The summed E-state index contributed by atoms with van der Waals surface area (Å²) in [6.45, 7) is 5.72. The highest BCUT2D eigenvalue weighted by atomic mass is 16.5. The zero-order chi connectivity index (χ0) is 28.9. The van der Waals surface area contributed by atoms with Crippen molar-refractivity contribution in [3.05, 3.63) is 88.6 Å². The molecule has 6 rings (SSSR count). The number of hydrogen-bond acceptors (Lipinski definition) is 7. The highest BCUT2D eigenvalue weighted by molar-refractivity contribution is 6.12. The van der Waals surface area contributed by atoms with Crippen molar-refractivity contribution in [3.63, 3.8) is 0 Å². The highest BCUT2D eigenvalue weighted by Crippen LogP contribution is 2.45. The van der Waals surface area contributed by atoms with Crippen LogP contribution >= 0.6 is 0 Å². The molecule has 0 saturated heterocycles. The van der Waals surface area contributed by atoms with Crippen LogP contribution in [0.2, 0.25) is 0 Å². The Morgan fingerprint density at radius 3 is 2.32 bits per heavy atom. The molecular weight excluding hydrogens is 520 g/mol. The molecule has 1 saturated carbocycles. The average molecular weight is 551 g/mol. The predicted molar refractivity (Wildman–Crippen MR) is 154 cm³/mol. The van der Waals surface area contributed by atoms with Crippen LogP contribution in [0.15, 0.2) is 63.5 Å². The quantitative estimate of drug-likeness (QED) is 0.260. The van der Waals surface area contributed by atoms with Crippen LogP contribution < -0.4 is 15.4 Å². The molecule has 1 aliphatic rings. The summed E-state index contributed by atoms with van der Waals surface area (Å²) in [5.74, 6) is 1.35. The number of amides is 2. The number of ether oxygens (including phenoxy) is 1. The van der Waals surface area contributed by atoms with Gasteiger partial charge in [-0.2, -0.15) is 4.98 Å². The van der Waals surface area contributed by atoms with E-state index in [0.29, 0.717) is 58.2 Å². The smallest absolute Gasteiger partial charge is 0.255 e. The third kappa shape index (κ3) is 4.63. The number of benzene rings is 3. The molecule has 0 spiro atoms. The SMILES string of the molecule is CNC(=O)c1c(-c2ccc(C)cc2)oc2ccc(-c3cc(C(=O)NC4(c5nc(C)no5)CC4)c(OC)cc3C)cc12. The average Bonchev–Trinajstić information content (AvgIpc) is 3.44. The third-order valence-corrected chi connectivity index (χ3v) is 7.60. The lowest BCUT2D eigenvalue weighted by atomic mass is 9.95. The van der Waals surface area contributed by atoms with Crippen molar-refractivity contribution in [2.24, 2.45) is 0 Å². The molecule has 41 heavy (non-hydrogen) atoms. The second-order valence-corrected chi connectivity index (χ2v) is 10.5. The van der Waals surface area contributed by atoms with Crippen LogP contribution in [0.25, 0.3) is 33.4 Å². The van der Waals surface area contributed by atoms with Crippen LogP contribution in [0.5, 0.6) is 5.75 Å². The van der Waals surface area contributed by atoms with Crippen molar-refractivity contribution < 1.29 is 23.3 Å². The maximum absolute atomic E-state index is 13.6. The molecule has 9 heteroatoms. The zero-order valence-electron chi connectivity index (χ0n) is 23.5. The van der Waals surface area contributed by atoms with Crippen LogP contribution in [0.3, 0.4) is 0 Å². The summed E-state index contributed by atoms with van der Waals surface area (Å²) in [5.41, 5.74) is 5.28. The number of nitrogens with one attached hydrogen (secondary N) is 2. The van der Waals surface area contributed by atoms with E-state index in [0.717, 1.165) is 27.8 Å². The van der Waals surface area contributed by atoms with Crippen LogP contribution in [0.1, 0.15) is 56.4 Å². The van der Waals surface area contributed by atoms with Crippen LogP contribution in [-0.2, 0) is 5.54 Å². The lowest BCUT2D eigenvalue weighted by molar-refractivity contribution is 0.0916. The van der Waals surface area contributed by atoms with E-state index < -0.39 is 5.54 Å². The van der Waals surface area contributed by atoms with Gasteiger partial charge in [-0.25, -0.2) is 0 Å². The molecule has 3 aromatic carbocycles. The number of carbonyl (C=O) groups is 2. The van der Waals surface area contributed by atoms with Gasteiger partial charge in [-0.15, -0.1) is 0 Å². The minimum atomic E-state index is -0.668. The number of hydrogen-bond donors (Lipinski definition) is 2. The lowest BCUT2D eigenvalue weighted by Gasteiger charge is -2.17.